The molecule has 0 radical (unpaired) electrons. The number of aromatic nitrogens is 2. The Bertz CT molecular complexity index is 1020. The van der Waals surface area contributed by atoms with Crippen molar-refractivity contribution in [2.45, 2.75) is 51.7 Å². The lowest BCUT2D eigenvalue weighted by atomic mass is 9.81. The van der Waals surface area contributed by atoms with Gasteiger partial charge in [0.1, 0.15) is 5.70 Å². The number of aryl methyl sites for hydroxylation is 1. The first-order valence-electron chi connectivity index (χ1n) is 10.9. The van der Waals surface area contributed by atoms with Gasteiger partial charge in [0.05, 0.1) is 36.6 Å². The average Bonchev–Trinajstić information content (AvgIpc) is 3.44. The Hall–Kier alpha value is -3.15. The van der Waals surface area contributed by atoms with Crippen LogP contribution in [-0.2, 0) is 16.7 Å². The summed E-state index contributed by atoms with van der Waals surface area (Å²) in [5, 5.41) is 7.60. The van der Waals surface area contributed by atoms with Gasteiger partial charge < -0.3 is 19.5 Å². The lowest BCUT2D eigenvalue weighted by molar-refractivity contribution is 0.103. The molecule has 7 nitrogen and oxygen atoms in total. The second kappa shape index (κ2) is 10.4. The highest BCUT2D eigenvalue weighted by Crippen LogP contribution is 2.44. The van der Waals surface area contributed by atoms with E-state index < -0.39 is 0 Å². The molecule has 1 aromatic carbocycles. The maximum atomic E-state index is 6.17. The summed E-state index contributed by atoms with van der Waals surface area (Å²) >= 11 is 0. The van der Waals surface area contributed by atoms with E-state index in [1.807, 2.05) is 25.9 Å². The van der Waals surface area contributed by atoms with Crippen molar-refractivity contribution in [2.24, 2.45) is 4.99 Å². The van der Waals surface area contributed by atoms with E-state index in [9.17, 15) is 0 Å². The fourth-order valence-electron chi connectivity index (χ4n) is 3.79. The summed E-state index contributed by atoms with van der Waals surface area (Å²) in [6.45, 7) is 10.8. The van der Waals surface area contributed by atoms with Crippen LogP contribution in [0.3, 0.4) is 0 Å². The van der Waals surface area contributed by atoms with Gasteiger partial charge in [-0.25, -0.2) is 0 Å². The molecule has 0 aliphatic carbocycles. The molecule has 0 unspecified atom stereocenters. The first-order chi connectivity index (χ1) is 15.4. The molecule has 0 bridgehead atoms. The largest absolute Gasteiger partial charge is 0.374 e. The van der Waals surface area contributed by atoms with Crippen LogP contribution in [0.2, 0.25) is 0 Å². The van der Waals surface area contributed by atoms with E-state index in [1.54, 1.807) is 12.4 Å². The van der Waals surface area contributed by atoms with Crippen LogP contribution in [-0.4, -0.2) is 42.0 Å². The maximum Gasteiger partial charge on any atom is 0.245 e. The minimum Gasteiger partial charge on any atom is -0.374 e. The molecule has 1 aliphatic heterocycles. The van der Waals surface area contributed by atoms with Crippen molar-refractivity contribution < 1.29 is 9.26 Å². The molecule has 170 valence electrons. The van der Waals surface area contributed by atoms with E-state index in [0.717, 1.165) is 18.5 Å². The second-order valence-electron chi connectivity index (χ2n) is 8.28. The molecular formula is C25H33N5O2. The number of aliphatic imine (C=N–C) groups is 1. The molecule has 1 N–H and O–H groups in total. The topological polar surface area (TPSA) is 75.8 Å². The zero-order valence-electron chi connectivity index (χ0n) is 19.7. The summed E-state index contributed by atoms with van der Waals surface area (Å²) < 4.78 is 11.7. The third kappa shape index (κ3) is 5.18. The number of likely N-dealkylation sites (N-methyl/N-ethyl adjacent to an activating group) is 1. The standard InChI is InChI=1S/C25H33N5O2/c1-7-20(21(30(5)6)15-26-9-3)27-16-23-28-24(29-32-23)25(8-2)14-22(31-17-25)19-12-10-18(4)11-13-19/h9-13,15,22,27H,1,8,14,16-17H2,2-6H3/b21-15-,26-9?/t22-,25+/m1/s1. The quantitative estimate of drug-likeness (QED) is 0.357. The molecule has 1 saturated heterocycles. The van der Waals surface area contributed by atoms with Gasteiger partial charge in [-0.05, 0) is 32.3 Å². The van der Waals surface area contributed by atoms with E-state index in [0.29, 0.717) is 30.6 Å². The van der Waals surface area contributed by atoms with Gasteiger partial charge in [0, 0.05) is 20.3 Å². The molecule has 2 heterocycles. The van der Waals surface area contributed by atoms with E-state index in [1.165, 1.54) is 11.1 Å². The van der Waals surface area contributed by atoms with Gasteiger partial charge in [-0.1, -0.05) is 48.5 Å². The summed E-state index contributed by atoms with van der Waals surface area (Å²) in [4.78, 5) is 10.9. The van der Waals surface area contributed by atoms with Crippen molar-refractivity contribution in [3.05, 3.63) is 77.0 Å². The summed E-state index contributed by atoms with van der Waals surface area (Å²) in [7, 11) is 3.88. The summed E-state index contributed by atoms with van der Waals surface area (Å²) in [5.74, 6) is 1.21. The van der Waals surface area contributed by atoms with Gasteiger partial charge in [0.2, 0.25) is 5.89 Å². The van der Waals surface area contributed by atoms with Gasteiger partial charge in [0.25, 0.3) is 0 Å². The Morgan fingerprint density at radius 3 is 2.75 bits per heavy atom. The zero-order chi connectivity index (χ0) is 23.1. The predicted molar refractivity (Wildman–Crippen MR) is 126 cm³/mol. The zero-order valence-corrected chi connectivity index (χ0v) is 19.7. The van der Waals surface area contributed by atoms with Crippen LogP contribution < -0.4 is 5.32 Å². The number of nitrogens with zero attached hydrogens (tertiary/aromatic N) is 4. The van der Waals surface area contributed by atoms with Gasteiger partial charge in [0.15, 0.2) is 5.82 Å². The summed E-state index contributed by atoms with van der Waals surface area (Å²) in [6.07, 6.45) is 5.23. The van der Waals surface area contributed by atoms with Crippen LogP contribution in [0.25, 0.3) is 0 Å². The lowest BCUT2D eigenvalue weighted by Crippen LogP contribution is -2.27. The number of hydrogen-bond acceptors (Lipinski definition) is 7. The van der Waals surface area contributed by atoms with E-state index >= 15 is 0 Å². The van der Waals surface area contributed by atoms with Crippen molar-refractivity contribution in [3.8, 4) is 0 Å². The van der Waals surface area contributed by atoms with Crippen molar-refractivity contribution >= 4 is 6.21 Å². The third-order valence-electron chi connectivity index (χ3n) is 5.88. The molecule has 3 rings (SSSR count). The van der Waals surface area contributed by atoms with Gasteiger partial charge in [-0.3, -0.25) is 4.99 Å². The molecule has 2 aromatic rings. The van der Waals surface area contributed by atoms with E-state index in [2.05, 4.69) is 65.9 Å². The van der Waals surface area contributed by atoms with E-state index in [4.69, 9.17) is 14.2 Å². The van der Waals surface area contributed by atoms with Crippen molar-refractivity contribution in [3.63, 3.8) is 0 Å². The highest BCUT2D eigenvalue weighted by Gasteiger charge is 2.44. The molecule has 1 fully saturated rings. The van der Waals surface area contributed by atoms with Crippen molar-refractivity contribution in [2.75, 3.05) is 20.7 Å². The van der Waals surface area contributed by atoms with Crippen LogP contribution in [0.1, 0.15) is 55.6 Å². The van der Waals surface area contributed by atoms with Crippen LogP contribution in [0.15, 0.2) is 63.7 Å². The lowest BCUT2D eigenvalue weighted by Gasteiger charge is -2.21. The summed E-state index contributed by atoms with van der Waals surface area (Å²) in [5.41, 5.74) is 6.68. The molecule has 1 aromatic heterocycles. The van der Waals surface area contributed by atoms with Crippen LogP contribution >= 0.6 is 0 Å². The molecule has 1 aliphatic rings. The highest BCUT2D eigenvalue weighted by atomic mass is 16.5. The molecule has 0 spiro atoms. The number of hydrogen-bond donors (Lipinski definition) is 1. The van der Waals surface area contributed by atoms with Gasteiger partial charge in [-0.2, -0.15) is 4.98 Å². The smallest absolute Gasteiger partial charge is 0.245 e. The fraction of sp³-hybridized carbons (Fsp3) is 0.440. The van der Waals surface area contributed by atoms with Crippen molar-refractivity contribution in [1.29, 1.82) is 0 Å². The Balaban J connectivity index is 1.71. The Morgan fingerprint density at radius 2 is 2.12 bits per heavy atom. The SMILES string of the molecule is C=C=C(NCc1nc([C@]2(CC)CO[C@@H](c3ccc(C)cc3)C2)no1)/C(=C/N=CC)N(C)C. The van der Waals surface area contributed by atoms with E-state index in [-0.39, 0.29) is 11.5 Å². The monoisotopic (exact) mass is 435 g/mol. The van der Waals surface area contributed by atoms with Crippen LogP contribution in [0, 0.1) is 6.92 Å². The van der Waals surface area contributed by atoms with Gasteiger partial charge in [-0.15, -0.1) is 5.73 Å². The molecule has 7 heteroatoms. The molecule has 0 saturated carbocycles. The molecule has 2 atom stereocenters. The fourth-order valence-corrected chi connectivity index (χ4v) is 3.79. The number of ether oxygens (including phenoxy) is 1. The number of rotatable bonds is 9. The normalized spacial score (nSPS) is 21.0. The Labute approximate surface area is 190 Å². The van der Waals surface area contributed by atoms with Crippen LogP contribution in [0.5, 0.6) is 0 Å². The number of nitrogens with one attached hydrogen (secondary N) is 1. The maximum absolute atomic E-state index is 6.17. The first kappa shape index (κ1) is 23.5. The second-order valence-corrected chi connectivity index (χ2v) is 8.28. The minimum atomic E-state index is -0.251. The minimum absolute atomic E-state index is 0.0397. The first-order valence-corrected chi connectivity index (χ1v) is 10.9. The summed E-state index contributed by atoms with van der Waals surface area (Å²) in [6, 6.07) is 8.52. The Kier molecular flexibility index (Phi) is 7.67. The number of benzene rings is 1. The van der Waals surface area contributed by atoms with Crippen LogP contribution in [0.4, 0.5) is 0 Å². The third-order valence-corrected chi connectivity index (χ3v) is 5.88. The average molecular weight is 436 g/mol. The predicted octanol–water partition coefficient (Wildman–Crippen LogP) is 4.44. The highest BCUT2D eigenvalue weighted by molar-refractivity contribution is 5.54. The Morgan fingerprint density at radius 1 is 1.38 bits per heavy atom. The molecular weight excluding hydrogens is 402 g/mol. The van der Waals surface area contributed by atoms with Gasteiger partial charge >= 0.3 is 0 Å². The van der Waals surface area contributed by atoms with Crippen molar-refractivity contribution in [1.82, 2.24) is 20.4 Å². The molecule has 0 amide bonds. The molecule has 32 heavy (non-hydrogen) atoms.